The number of hydrogen-bond donors (Lipinski definition) is 0. The van der Waals surface area contributed by atoms with Crippen LogP contribution < -0.4 is 4.74 Å². The third kappa shape index (κ3) is 3.01. The van der Waals surface area contributed by atoms with Gasteiger partial charge in [-0.05, 0) is 53.1 Å². The summed E-state index contributed by atoms with van der Waals surface area (Å²) in [6.45, 7) is 2.01. The highest BCUT2D eigenvalue weighted by atomic mass is 32.2. The molecule has 2 aliphatic heterocycles. The van der Waals surface area contributed by atoms with Gasteiger partial charge in [-0.2, -0.15) is 0 Å². The Balaban J connectivity index is 1.50. The van der Waals surface area contributed by atoms with Crippen molar-refractivity contribution in [3.63, 3.8) is 0 Å². The normalized spacial score (nSPS) is 22.2. The fraction of sp³-hybridized carbons (Fsp3) is 0.273. The number of pyridine rings is 2. The molecular formula is C22H21N3O3S. The summed E-state index contributed by atoms with van der Waals surface area (Å²) >= 11 is 0. The lowest BCUT2D eigenvalue weighted by Gasteiger charge is -2.17. The molecule has 0 N–H and O–H groups in total. The number of likely N-dealkylation sites (tertiary alicyclic amines) is 1. The number of rotatable bonds is 4. The summed E-state index contributed by atoms with van der Waals surface area (Å²) in [7, 11) is -1.73. The number of hydrogen-bond acceptors (Lipinski definition) is 6. The van der Waals surface area contributed by atoms with Gasteiger partial charge in [0.25, 0.3) is 0 Å². The second-order valence-corrected chi connectivity index (χ2v) is 9.69. The predicted molar refractivity (Wildman–Crippen MR) is 109 cm³/mol. The summed E-state index contributed by atoms with van der Waals surface area (Å²) in [6, 6.07) is 13.4. The molecule has 3 aromatic rings. The van der Waals surface area contributed by atoms with Crippen molar-refractivity contribution in [2.45, 2.75) is 22.6 Å². The van der Waals surface area contributed by atoms with Crippen LogP contribution in [0.4, 0.5) is 0 Å². The Kier molecular flexibility index (Phi) is 4.37. The first-order valence-electron chi connectivity index (χ1n) is 9.56. The minimum Gasteiger partial charge on any atom is -0.481 e. The average Bonchev–Trinajstić information content (AvgIpc) is 3.26. The molecule has 148 valence electrons. The SMILES string of the molecule is COc1ncccc1-c1ccc2c(c1)C1CN(Cc3ccncc3)CC1S2(=O)=O. The van der Waals surface area contributed by atoms with E-state index in [-0.39, 0.29) is 11.2 Å². The molecule has 1 aromatic carbocycles. The highest BCUT2D eigenvalue weighted by Gasteiger charge is 2.50. The third-order valence-corrected chi connectivity index (χ3v) is 8.15. The van der Waals surface area contributed by atoms with E-state index >= 15 is 0 Å². The Morgan fingerprint density at radius 1 is 1.10 bits per heavy atom. The summed E-state index contributed by atoms with van der Waals surface area (Å²) < 4.78 is 31.7. The van der Waals surface area contributed by atoms with Crippen molar-refractivity contribution in [3.05, 3.63) is 72.2 Å². The van der Waals surface area contributed by atoms with Crippen LogP contribution in [0.25, 0.3) is 11.1 Å². The van der Waals surface area contributed by atoms with Gasteiger partial charge in [-0.3, -0.25) is 9.88 Å². The van der Waals surface area contributed by atoms with Gasteiger partial charge in [0.05, 0.1) is 17.3 Å². The second-order valence-electron chi connectivity index (χ2n) is 7.55. The quantitative estimate of drug-likeness (QED) is 0.662. The molecule has 0 amide bonds. The average molecular weight is 407 g/mol. The van der Waals surface area contributed by atoms with Crippen molar-refractivity contribution in [3.8, 4) is 17.0 Å². The van der Waals surface area contributed by atoms with Crippen LogP contribution >= 0.6 is 0 Å². The maximum absolute atomic E-state index is 13.2. The van der Waals surface area contributed by atoms with Gasteiger partial charge in [0, 0.05) is 49.7 Å². The highest BCUT2D eigenvalue weighted by molar-refractivity contribution is 7.92. The van der Waals surface area contributed by atoms with Crippen LogP contribution in [0.2, 0.25) is 0 Å². The molecule has 2 aliphatic rings. The molecule has 0 aliphatic carbocycles. The van der Waals surface area contributed by atoms with Crippen molar-refractivity contribution in [2.75, 3.05) is 20.2 Å². The Morgan fingerprint density at radius 3 is 2.72 bits per heavy atom. The molecule has 4 heterocycles. The first-order chi connectivity index (χ1) is 14.1. The molecule has 5 rings (SSSR count). The standard InChI is InChI=1S/C22H21N3O3S/c1-28-22-17(3-2-8-24-22)16-4-5-20-18(11-16)19-13-25(14-21(19)29(20,26)27)12-15-6-9-23-10-7-15/h2-11,19,21H,12-14H2,1H3. The first kappa shape index (κ1) is 18.3. The molecule has 6 nitrogen and oxygen atoms in total. The van der Waals surface area contributed by atoms with Crippen LogP contribution in [0.1, 0.15) is 17.0 Å². The van der Waals surface area contributed by atoms with Gasteiger partial charge in [0.1, 0.15) is 0 Å². The largest absolute Gasteiger partial charge is 0.481 e. The smallest absolute Gasteiger partial charge is 0.221 e. The van der Waals surface area contributed by atoms with Crippen molar-refractivity contribution >= 4 is 9.84 Å². The summed E-state index contributed by atoms with van der Waals surface area (Å²) in [5.41, 5.74) is 3.85. The number of nitrogens with zero attached hydrogens (tertiary/aromatic N) is 3. The number of ether oxygens (including phenoxy) is 1. The molecule has 2 unspecified atom stereocenters. The minimum atomic E-state index is -3.32. The van der Waals surface area contributed by atoms with Crippen molar-refractivity contribution in [1.29, 1.82) is 0 Å². The Morgan fingerprint density at radius 2 is 1.93 bits per heavy atom. The maximum Gasteiger partial charge on any atom is 0.221 e. The molecule has 2 aromatic heterocycles. The number of benzene rings is 1. The number of fused-ring (bicyclic) bond motifs is 3. The lowest BCUT2D eigenvalue weighted by Crippen LogP contribution is -2.25. The van der Waals surface area contributed by atoms with Gasteiger partial charge in [0.15, 0.2) is 9.84 Å². The molecule has 1 saturated heterocycles. The lowest BCUT2D eigenvalue weighted by molar-refractivity contribution is 0.325. The van der Waals surface area contributed by atoms with Crippen molar-refractivity contribution in [1.82, 2.24) is 14.9 Å². The molecule has 0 bridgehead atoms. The van der Waals surface area contributed by atoms with Crippen LogP contribution in [0.3, 0.4) is 0 Å². The van der Waals surface area contributed by atoms with Gasteiger partial charge >= 0.3 is 0 Å². The Bertz CT molecular complexity index is 1160. The topological polar surface area (TPSA) is 72.4 Å². The predicted octanol–water partition coefficient (Wildman–Crippen LogP) is 2.91. The summed E-state index contributed by atoms with van der Waals surface area (Å²) in [4.78, 5) is 11.0. The van der Waals surface area contributed by atoms with Crippen molar-refractivity contribution in [2.24, 2.45) is 0 Å². The van der Waals surface area contributed by atoms with E-state index in [0.717, 1.165) is 35.3 Å². The number of aromatic nitrogens is 2. The molecule has 29 heavy (non-hydrogen) atoms. The van der Waals surface area contributed by atoms with Crippen LogP contribution in [-0.4, -0.2) is 48.7 Å². The highest BCUT2D eigenvalue weighted by Crippen LogP contribution is 2.46. The fourth-order valence-electron chi connectivity index (χ4n) is 4.54. The fourth-order valence-corrected chi connectivity index (χ4v) is 6.74. The molecular weight excluding hydrogens is 386 g/mol. The van der Waals surface area contributed by atoms with E-state index in [1.807, 2.05) is 36.4 Å². The van der Waals surface area contributed by atoms with E-state index < -0.39 is 9.84 Å². The van der Waals surface area contributed by atoms with Gasteiger partial charge in [-0.1, -0.05) is 6.07 Å². The Hall–Kier alpha value is -2.77. The van der Waals surface area contributed by atoms with Gasteiger partial charge < -0.3 is 4.74 Å². The Labute approximate surface area is 170 Å². The maximum atomic E-state index is 13.2. The van der Waals surface area contributed by atoms with E-state index in [4.69, 9.17) is 4.74 Å². The summed E-state index contributed by atoms with van der Waals surface area (Å²) in [5.74, 6) is 0.523. The summed E-state index contributed by atoms with van der Waals surface area (Å²) in [6.07, 6.45) is 5.22. The van der Waals surface area contributed by atoms with Gasteiger partial charge in [-0.25, -0.2) is 13.4 Å². The molecule has 0 saturated carbocycles. The molecule has 0 spiro atoms. The van der Waals surface area contributed by atoms with Crippen LogP contribution in [-0.2, 0) is 16.4 Å². The first-order valence-corrected chi connectivity index (χ1v) is 11.1. The molecule has 1 fully saturated rings. The monoisotopic (exact) mass is 407 g/mol. The van der Waals surface area contributed by atoms with E-state index in [1.165, 1.54) is 0 Å². The van der Waals surface area contributed by atoms with Gasteiger partial charge in [-0.15, -0.1) is 0 Å². The van der Waals surface area contributed by atoms with E-state index in [1.54, 1.807) is 31.8 Å². The zero-order chi connectivity index (χ0) is 20.0. The van der Waals surface area contributed by atoms with E-state index in [9.17, 15) is 8.42 Å². The molecule has 2 atom stereocenters. The number of sulfone groups is 1. The zero-order valence-corrected chi connectivity index (χ0v) is 16.8. The molecule has 0 radical (unpaired) electrons. The van der Waals surface area contributed by atoms with Crippen LogP contribution in [0.5, 0.6) is 5.88 Å². The second kappa shape index (κ2) is 6.93. The minimum absolute atomic E-state index is 0.0144. The van der Waals surface area contributed by atoms with E-state index in [2.05, 4.69) is 14.9 Å². The third-order valence-electron chi connectivity index (χ3n) is 5.89. The number of methoxy groups -OCH3 is 1. The lowest BCUT2D eigenvalue weighted by atomic mass is 9.95. The zero-order valence-electron chi connectivity index (χ0n) is 16.0. The summed E-state index contributed by atoms with van der Waals surface area (Å²) in [5, 5.41) is -0.384. The van der Waals surface area contributed by atoms with Crippen molar-refractivity contribution < 1.29 is 13.2 Å². The van der Waals surface area contributed by atoms with Crippen LogP contribution in [0.15, 0.2) is 66.0 Å². The molecule has 7 heteroatoms. The van der Waals surface area contributed by atoms with Crippen LogP contribution in [0, 0.1) is 0 Å². The van der Waals surface area contributed by atoms with E-state index in [0.29, 0.717) is 17.3 Å². The van der Waals surface area contributed by atoms with Gasteiger partial charge in [0.2, 0.25) is 5.88 Å².